The van der Waals surface area contributed by atoms with Crippen LogP contribution in [-0.2, 0) is 0 Å². The van der Waals surface area contributed by atoms with Crippen LogP contribution in [-0.4, -0.2) is 12.1 Å². The first-order chi connectivity index (χ1) is 4.75. The largest absolute Gasteiger partial charge is 0.494 e. The lowest BCUT2D eigenvalue weighted by atomic mass is 10.4. The Bertz CT molecular complexity index is 239. The van der Waals surface area contributed by atoms with Gasteiger partial charge in [0.15, 0.2) is 0 Å². The molecule has 0 atom stereocenters. The summed E-state index contributed by atoms with van der Waals surface area (Å²) in [6.45, 7) is 0. The molecule has 0 amide bonds. The highest BCUT2D eigenvalue weighted by Gasteiger charge is 2.03. The highest BCUT2D eigenvalue weighted by molar-refractivity contribution is 5.50. The molecule has 4 heteroatoms. The first-order valence-electron chi connectivity index (χ1n) is 2.69. The molecular formula is C6H7FN2O. The van der Waals surface area contributed by atoms with Crippen molar-refractivity contribution >= 4 is 5.69 Å². The predicted octanol–water partition coefficient (Wildman–Crippen LogP) is 0.811. The van der Waals surface area contributed by atoms with Crippen LogP contribution in [0.15, 0.2) is 12.3 Å². The smallest absolute Gasteiger partial charge is 0.239 e. The summed E-state index contributed by atoms with van der Waals surface area (Å²) in [6.07, 6.45) is 1.30. The zero-order valence-corrected chi connectivity index (χ0v) is 5.47. The summed E-state index contributed by atoms with van der Waals surface area (Å²) in [5.41, 5.74) is 5.18. The Kier molecular flexibility index (Phi) is 1.71. The van der Waals surface area contributed by atoms with Gasteiger partial charge in [-0.3, -0.25) is 0 Å². The second-order valence-corrected chi connectivity index (χ2v) is 1.72. The minimum Gasteiger partial charge on any atom is -0.494 e. The highest BCUT2D eigenvalue weighted by atomic mass is 19.1. The molecule has 54 valence electrons. The summed E-state index contributed by atoms with van der Waals surface area (Å²) in [6, 6.07) is 1.50. The lowest BCUT2D eigenvalue weighted by Crippen LogP contribution is -1.97. The Balaban J connectivity index is 3.14. The van der Waals surface area contributed by atoms with Crippen molar-refractivity contribution in [2.45, 2.75) is 0 Å². The molecule has 0 saturated heterocycles. The number of nitrogens with zero attached hydrogens (tertiary/aromatic N) is 1. The summed E-state index contributed by atoms with van der Waals surface area (Å²) in [4.78, 5) is 3.32. The number of methoxy groups -OCH3 is 1. The van der Waals surface area contributed by atoms with E-state index < -0.39 is 5.95 Å². The molecule has 0 aromatic carbocycles. The Morgan fingerprint density at radius 2 is 2.40 bits per heavy atom. The fraction of sp³-hybridized carbons (Fsp3) is 0.167. The normalized spacial score (nSPS) is 9.40. The molecule has 3 nitrogen and oxygen atoms in total. The van der Waals surface area contributed by atoms with Crippen molar-refractivity contribution in [3.8, 4) is 5.75 Å². The first kappa shape index (κ1) is 6.80. The van der Waals surface area contributed by atoms with Gasteiger partial charge in [-0.1, -0.05) is 0 Å². The van der Waals surface area contributed by atoms with E-state index in [1.165, 1.54) is 19.4 Å². The number of nitrogen functional groups attached to an aromatic ring is 1. The Morgan fingerprint density at radius 3 is 2.90 bits per heavy atom. The maximum Gasteiger partial charge on any atom is 0.239 e. The quantitative estimate of drug-likeness (QED) is 0.590. The van der Waals surface area contributed by atoms with Gasteiger partial charge in [-0.05, 0) is 0 Å². The number of ether oxygens (including phenoxy) is 1. The van der Waals surface area contributed by atoms with Crippen molar-refractivity contribution in [2.24, 2.45) is 0 Å². The monoisotopic (exact) mass is 142 g/mol. The maximum atomic E-state index is 12.5. The summed E-state index contributed by atoms with van der Waals surface area (Å²) in [7, 11) is 1.42. The van der Waals surface area contributed by atoms with Gasteiger partial charge in [0.25, 0.3) is 0 Å². The third-order valence-corrected chi connectivity index (χ3v) is 1.12. The van der Waals surface area contributed by atoms with Crippen molar-refractivity contribution < 1.29 is 9.13 Å². The zero-order chi connectivity index (χ0) is 7.56. The van der Waals surface area contributed by atoms with E-state index in [-0.39, 0.29) is 5.69 Å². The predicted molar refractivity (Wildman–Crippen MR) is 35.2 cm³/mol. The number of anilines is 1. The molecule has 1 heterocycles. The number of pyridine rings is 1. The molecule has 0 unspecified atom stereocenters. The van der Waals surface area contributed by atoms with E-state index in [2.05, 4.69) is 4.98 Å². The topological polar surface area (TPSA) is 48.1 Å². The zero-order valence-electron chi connectivity index (χ0n) is 5.47. The summed E-state index contributed by atoms with van der Waals surface area (Å²) in [5.74, 6) is -0.383. The Morgan fingerprint density at radius 1 is 1.70 bits per heavy atom. The van der Waals surface area contributed by atoms with Crippen molar-refractivity contribution in [3.63, 3.8) is 0 Å². The van der Waals surface area contributed by atoms with Crippen LogP contribution in [0.5, 0.6) is 5.75 Å². The summed E-state index contributed by atoms with van der Waals surface area (Å²) >= 11 is 0. The minimum absolute atomic E-state index is 0.0509. The van der Waals surface area contributed by atoms with Crippen LogP contribution in [0.4, 0.5) is 10.1 Å². The van der Waals surface area contributed by atoms with E-state index >= 15 is 0 Å². The van der Waals surface area contributed by atoms with Gasteiger partial charge in [-0.25, -0.2) is 4.98 Å². The average Bonchev–Trinajstić information content (AvgIpc) is 1.95. The van der Waals surface area contributed by atoms with E-state index in [9.17, 15) is 4.39 Å². The number of rotatable bonds is 1. The molecule has 1 aromatic heterocycles. The van der Waals surface area contributed by atoms with Gasteiger partial charge in [0.2, 0.25) is 5.95 Å². The second-order valence-electron chi connectivity index (χ2n) is 1.72. The summed E-state index contributed by atoms with van der Waals surface area (Å²) in [5, 5.41) is 0. The minimum atomic E-state index is -0.695. The number of aromatic nitrogens is 1. The molecule has 1 rings (SSSR count). The number of hydrogen-bond donors (Lipinski definition) is 1. The molecule has 0 aliphatic heterocycles. The van der Waals surface area contributed by atoms with E-state index in [1.54, 1.807) is 0 Å². The van der Waals surface area contributed by atoms with Gasteiger partial charge in [-0.15, -0.1) is 0 Å². The van der Waals surface area contributed by atoms with E-state index in [0.717, 1.165) is 0 Å². The number of nitrogens with two attached hydrogens (primary N) is 1. The lowest BCUT2D eigenvalue weighted by molar-refractivity contribution is 0.412. The molecule has 1 aromatic rings. The van der Waals surface area contributed by atoms with Crippen LogP contribution in [0.25, 0.3) is 0 Å². The second kappa shape index (κ2) is 2.51. The number of hydrogen-bond acceptors (Lipinski definition) is 3. The molecule has 0 spiro atoms. The molecule has 2 N–H and O–H groups in total. The molecule has 0 aliphatic carbocycles. The van der Waals surface area contributed by atoms with Gasteiger partial charge >= 0.3 is 0 Å². The van der Waals surface area contributed by atoms with Gasteiger partial charge < -0.3 is 10.5 Å². The van der Waals surface area contributed by atoms with Crippen LogP contribution in [0.1, 0.15) is 0 Å². The fourth-order valence-corrected chi connectivity index (χ4v) is 0.609. The van der Waals surface area contributed by atoms with Gasteiger partial charge in [-0.2, -0.15) is 4.39 Å². The van der Waals surface area contributed by atoms with Gasteiger partial charge in [0.05, 0.1) is 7.11 Å². The standard InChI is InChI=1S/C6H7FN2O/c1-10-4-2-3-9-6(7)5(4)8/h2-3H,8H2,1H3. The number of halogens is 1. The van der Waals surface area contributed by atoms with Crippen molar-refractivity contribution in [1.82, 2.24) is 4.98 Å². The van der Waals surface area contributed by atoms with Gasteiger partial charge in [0.1, 0.15) is 11.4 Å². The fourth-order valence-electron chi connectivity index (χ4n) is 0.609. The molecular weight excluding hydrogens is 135 g/mol. The Labute approximate surface area is 57.6 Å². The highest BCUT2D eigenvalue weighted by Crippen LogP contribution is 2.20. The van der Waals surface area contributed by atoms with E-state index in [4.69, 9.17) is 10.5 Å². The lowest BCUT2D eigenvalue weighted by Gasteiger charge is -2.01. The molecule has 10 heavy (non-hydrogen) atoms. The summed E-state index contributed by atoms with van der Waals surface area (Å²) < 4.78 is 17.2. The molecule has 0 saturated carbocycles. The van der Waals surface area contributed by atoms with Crippen LogP contribution in [0.3, 0.4) is 0 Å². The Hall–Kier alpha value is -1.32. The van der Waals surface area contributed by atoms with E-state index in [1.807, 2.05) is 0 Å². The van der Waals surface area contributed by atoms with Crippen LogP contribution in [0.2, 0.25) is 0 Å². The molecule has 0 fully saturated rings. The molecule has 0 bridgehead atoms. The van der Waals surface area contributed by atoms with Crippen molar-refractivity contribution in [1.29, 1.82) is 0 Å². The average molecular weight is 142 g/mol. The maximum absolute atomic E-state index is 12.5. The molecule has 0 aliphatic rings. The third kappa shape index (κ3) is 1.00. The van der Waals surface area contributed by atoms with Crippen molar-refractivity contribution in [3.05, 3.63) is 18.2 Å². The third-order valence-electron chi connectivity index (χ3n) is 1.12. The van der Waals surface area contributed by atoms with Crippen LogP contribution < -0.4 is 10.5 Å². The molecule has 0 radical (unpaired) electrons. The van der Waals surface area contributed by atoms with Crippen LogP contribution in [0, 0.1) is 5.95 Å². The van der Waals surface area contributed by atoms with E-state index in [0.29, 0.717) is 5.75 Å². The van der Waals surface area contributed by atoms with Crippen molar-refractivity contribution in [2.75, 3.05) is 12.8 Å². The SMILES string of the molecule is COc1ccnc(F)c1N. The first-order valence-corrected chi connectivity index (χ1v) is 2.69. The van der Waals surface area contributed by atoms with Crippen LogP contribution >= 0.6 is 0 Å². The van der Waals surface area contributed by atoms with Gasteiger partial charge in [0, 0.05) is 12.3 Å².